The maximum Gasteiger partial charge on any atom is 0.480 e. The quantitative estimate of drug-likeness (QED) is 0.232. The molecular formula is C20H21BN2O9S. The van der Waals surface area contributed by atoms with E-state index in [1.807, 2.05) is 0 Å². The lowest BCUT2D eigenvalue weighted by Gasteiger charge is -2.19. The lowest BCUT2D eigenvalue weighted by atomic mass is 9.79. The van der Waals surface area contributed by atoms with Gasteiger partial charge < -0.3 is 34.8 Å². The zero-order valence-electron chi connectivity index (χ0n) is 17.2. The van der Waals surface area contributed by atoms with Crippen molar-refractivity contribution in [3.63, 3.8) is 0 Å². The highest BCUT2D eigenvalue weighted by Gasteiger charge is 2.36. The van der Waals surface area contributed by atoms with Crippen molar-refractivity contribution in [2.75, 3.05) is 13.2 Å². The third-order valence-corrected chi connectivity index (χ3v) is 5.47. The Balaban J connectivity index is 1.70. The first-order chi connectivity index (χ1) is 15.8. The molecule has 4 N–H and O–H groups in total. The number of amides is 1. The van der Waals surface area contributed by atoms with E-state index in [0.29, 0.717) is 10.4 Å². The van der Waals surface area contributed by atoms with E-state index in [-0.39, 0.29) is 37.5 Å². The third-order valence-electron chi connectivity index (χ3n) is 4.59. The van der Waals surface area contributed by atoms with E-state index in [1.165, 1.54) is 17.4 Å². The van der Waals surface area contributed by atoms with Crippen molar-refractivity contribution in [2.24, 2.45) is 5.16 Å². The fraction of sp³-hybridized carbons (Fsp3) is 0.300. The Hall–Kier alpha value is -3.26. The van der Waals surface area contributed by atoms with Gasteiger partial charge in [-0.3, -0.25) is 9.59 Å². The van der Waals surface area contributed by atoms with Crippen molar-refractivity contribution < 1.29 is 43.8 Å². The molecule has 0 unspecified atom stereocenters. The maximum absolute atomic E-state index is 12.9. The number of benzene rings is 1. The molecule has 11 nitrogen and oxygen atoms in total. The molecule has 0 saturated carbocycles. The third kappa shape index (κ3) is 6.86. The molecule has 1 aliphatic rings. The second-order valence-electron chi connectivity index (χ2n) is 7.02. The zero-order chi connectivity index (χ0) is 23.8. The average molecular weight is 476 g/mol. The largest absolute Gasteiger partial charge is 0.481 e. The molecule has 3 rings (SSSR count). The summed E-state index contributed by atoms with van der Waals surface area (Å²) in [6, 6.07) is 9.62. The second kappa shape index (κ2) is 11.6. The van der Waals surface area contributed by atoms with Crippen molar-refractivity contribution in [1.82, 2.24) is 5.32 Å². The van der Waals surface area contributed by atoms with Crippen LogP contribution in [0.1, 0.15) is 27.2 Å². The van der Waals surface area contributed by atoms with Gasteiger partial charge in [-0.15, -0.1) is 11.3 Å². The van der Waals surface area contributed by atoms with Gasteiger partial charge in [0, 0.05) is 5.56 Å². The molecule has 0 spiro atoms. The number of carbonyl (C=O) groups is 3. The summed E-state index contributed by atoms with van der Waals surface area (Å²) < 4.78 is 10.6. The second-order valence-corrected chi connectivity index (χ2v) is 7.96. The van der Waals surface area contributed by atoms with Crippen LogP contribution < -0.4 is 5.32 Å². The van der Waals surface area contributed by atoms with Crippen molar-refractivity contribution >= 4 is 42.0 Å². The number of thiophene rings is 1. The van der Waals surface area contributed by atoms with Crippen LogP contribution in [-0.2, 0) is 30.4 Å². The first-order valence-electron chi connectivity index (χ1n) is 9.84. The van der Waals surface area contributed by atoms with Gasteiger partial charge in [-0.1, -0.05) is 29.4 Å². The van der Waals surface area contributed by atoms with Gasteiger partial charge in [0.15, 0.2) is 5.71 Å². The van der Waals surface area contributed by atoms with Crippen molar-refractivity contribution in [3.8, 4) is 0 Å². The maximum atomic E-state index is 12.9. The highest BCUT2D eigenvalue weighted by atomic mass is 32.1. The first-order valence-corrected chi connectivity index (χ1v) is 10.7. The van der Waals surface area contributed by atoms with Gasteiger partial charge in [-0.05, 0) is 17.5 Å². The summed E-state index contributed by atoms with van der Waals surface area (Å²) in [5.41, 5.74) is 0.350. The molecule has 1 amide bonds. The summed E-state index contributed by atoms with van der Waals surface area (Å²) in [5, 5.41) is 36.7. The Kier molecular flexibility index (Phi) is 8.55. The van der Waals surface area contributed by atoms with E-state index in [2.05, 4.69) is 10.5 Å². The average Bonchev–Trinajstić information content (AvgIpc) is 3.24. The molecule has 1 saturated heterocycles. The van der Waals surface area contributed by atoms with Crippen LogP contribution >= 0.6 is 11.3 Å². The van der Waals surface area contributed by atoms with Crippen LogP contribution in [0.5, 0.6) is 0 Å². The molecule has 1 aromatic heterocycles. The normalized spacial score (nSPS) is 18.9. The van der Waals surface area contributed by atoms with Gasteiger partial charge >= 0.3 is 19.1 Å². The smallest absolute Gasteiger partial charge is 0.480 e. The monoisotopic (exact) mass is 476 g/mol. The molecule has 2 heterocycles. The number of aliphatic carboxylic acids is 1. The van der Waals surface area contributed by atoms with Crippen molar-refractivity contribution in [3.05, 3.63) is 57.8 Å². The Morgan fingerprint density at radius 3 is 2.67 bits per heavy atom. The Morgan fingerprint density at radius 1 is 1.18 bits per heavy atom. The highest BCUT2D eigenvalue weighted by molar-refractivity contribution is 7.13. The molecule has 1 aromatic carbocycles. The van der Waals surface area contributed by atoms with Gasteiger partial charge in [-0.25, -0.2) is 4.79 Å². The summed E-state index contributed by atoms with van der Waals surface area (Å²) in [7, 11) is -1.49. The molecule has 0 aliphatic carbocycles. The van der Waals surface area contributed by atoms with Crippen LogP contribution in [0.3, 0.4) is 0 Å². The number of ether oxygens (including phenoxy) is 1. The number of carbonyl (C=O) groups excluding carboxylic acids is 1. The number of hydrogen-bond donors (Lipinski definition) is 4. The Bertz CT molecular complexity index is 1010. The van der Waals surface area contributed by atoms with Gasteiger partial charge in [0.1, 0.15) is 6.61 Å². The molecule has 1 fully saturated rings. The summed E-state index contributed by atoms with van der Waals surface area (Å²) in [4.78, 5) is 40.9. The van der Waals surface area contributed by atoms with Crippen LogP contribution in [0, 0.1) is 0 Å². The lowest BCUT2D eigenvalue weighted by molar-refractivity contribution is -0.139. The van der Waals surface area contributed by atoms with E-state index in [1.54, 1.807) is 35.7 Å². The number of rotatable bonds is 9. The molecule has 13 heteroatoms. The lowest BCUT2D eigenvalue weighted by Crippen LogP contribution is -2.52. The SMILES string of the molecule is O=C(O)C[C@H]1COC[C@H](NC(=O)/C(=N\OCc2ccccc2C(=O)O)c2cccs2)B(O)O1. The summed E-state index contributed by atoms with van der Waals surface area (Å²) in [6.07, 6.45) is -1.21. The minimum absolute atomic E-state index is 0.0479. The van der Waals surface area contributed by atoms with Gasteiger partial charge in [0.25, 0.3) is 5.91 Å². The van der Waals surface area contributed by atoms with Crippen molar-refractivity contribution in [1.29, 1.82) is 0 Å². The minimum atomic E-state index is -1.49. The molecule has 1 aliphatic heterocycles. The fourth-order valence-electron chi connectivity index (χ4n) is 3.02. The van der Waals surface area contributed by atoms with Crippen LogP contribution in [-0.4, -0.2) is 71.2 Å². The van der Waals surface area contributed by atoms with Gasteiger partial charge in [0.05, 0.1) is 42.1 Å². The van der Waals surface area contributed by atoms with Gasteiger partial charge in [-0.2, -0.15) is 0 Å². The number of nitrogens with zero attached hydrogens (tertiary/aromatic N) is 1. The summed E-state index contributed by atoms with van der Waals surface area (Å²) in [6.45, 7) is -0.332. The van der Waals surface area contributed by atoms with Crippen LogP contribution in [0.25, 0.3) is 0 Å². The number of nitrogens with one attached hydrogen (secondary N) is 1. The van der Waals surface area contributed by atoms with E-state index < -0.39 is 37.0 Å². The number of carboxylic acid groups (broad SMARTS) is 2. The summed E-state index contributed by atoms with van der Waals surface area (Å²) >= 11 is 1.23. The topological polar surface area (TPSA) is 164 Å². The van der Waals surface area contributed by atoms with Gasteiger partial charge in [0.2, 0.25) is 0 Å². The van der Waals surface area contributed by atoms with E-state index in [0.717, 1.165) is 0 Å². The van der Waals surface area contributed by atoms with E-state index >= 15 is 0 Å². The van der Waals surface area contributed by atoms with Crippen LogP contribution in [0.2, 0.25) is 0 Å². The predicted molar refractivity (Wildman–Crippen MR) is 117 cm³/mol. The molecule has 2 atom stereocenters. The standard InChI is InChI=1S/C20H21BN2O9S/c24-17(25)8-13-10-30-11-16(21(29)32-13)22-19(26)18(15-6-3-7-33-15)23-31-9-12-4-1-2-5-14(12)20(27)28/h1-7,13,16,29H,8-11H2,(H,22,26)(H,24,25)(H,27,28)/b23-18-/t13-,16-/m0/s1. The van der Waals surface area contributed by atoms with Crippen LogP contribution in [0.4, 0.5) is 0 Å². The molecule has 0 radical (unpaired) electrons. The van der Waals surface area contributed by atoms with Crippen molar-refractivity contribution in [2.45, 2.75) is 25.1 Å². The van der Waals surface area contributed by atoms with E-state index in [9.17, 15) is 24.5 Å². The number of oxime groups is 1. The molecule has 2 aromatic rings. The van der Waals surface area contributed by atoms with Crippen LogP contribution in [0.15, 0.2) is 46.9 Å². The molecule has 174 valence electrons. The molecular weight excluding hydrogens is 455 g/mol. The first kappa shape index (κ1) is 24.4. The molecule has 33 heavy (non-hydrogen) atoms. The predicted octanol–water partition coefficient (Wildman–Crippen LogP) is 0.762. The number of hydrogen-bond acceptors (Lipinski definition) is 9. The minimum Gasteiger partial charge on any atom is -0.481 e. The number of aromatic carboxylic acids is 1. The molecule has 0 bridgehead atoms. The zero-order valence-corrected chi connectivity index (χ0v) is 18.1. The fourth-order valence-corrected chi connectivity index (χ4v) is 3.73. The number of carboxylic acids is 2. The Morgan fingerprint density at radius 2 is 1.97 bits per heavy atom. The Labute approximate surface area is 192 Å². The highest BCUT2D eigenvalue weighted by Crippen LogP contribution is 2.15. The van der Waals surface area contributed by atoms with E-state index in [4.69, 9.17) is 19.3 Å². The summed E-state index contributed by atoms with van der Waals surface area (Å²) in [5.74, 6) is -3.88.